The van der Waals surface area contributed by atoms with Gasteiger partial charge in [0.25, 0.3) is 5.91 Å². The summed E-state index contributed by atoms with van der Waals surface area (Å²) in [6.45, 7) is 3.24. The molecule has 0 radical (unpaired) electrons. The quantitative estimate of drug-likeness (QED) is 0.617. The van der Waals surface area contributed by atoms with Crippen LogP contribution in [0.3, 0.4) is 0 Å². The summed E-state index contributed by atoms with van der Waals surface area (Å²) in [5, 5.41) is 5.02. The zero-order chi connectivity index (χ0) is 22.1. The van der Waals surface area contributed by atoms with Crippen LogP contribution in [0.25, 0.3) is 11.1 Å². The molecule has 1 aromatic carbocycles. The van der Waals surface area contributed by atoms with Crippen LogP contribution in [0.1, 0.15) is 40.5 Å². The number of anilines is 1. The van der Waals surface area contributed by atoms with E-state index in [0.717, 1.165) is 41.9 Å². The summed E-state index contributed by atoms with van der Waals surface area (Å²) in [7, 11) is 5.71. The average Bonchev–Trinajstić information content (AvgIpc) is 3.11. The molecule has 2 aromatic heterocycles. The summed E-state index contributed by atoms with van der Waals surface area (Å²) in [5.41, 5.74) is 4.41. The Morgan fingerprint density at radius 3 is 2.61 bits per heavy atom. The number of piperidine rings is 1. The van der Waals surface area contributed by atoms with Gasteiger partial charge in [-0.1, -0.05) is 23.7 Å². The molecule has 1 saturated heterocycles. The van der Waals surface area contributed by atoms with Gasteiger partial charge in [0, 0.05) is 63.1 Å². The Balaban J connectivity index is 1.68. The Morgan fingerprint density at radius 1 is 1.23 bits per heavy atom. The van der Waals surface area contributed by atoms with E-state index in [2.05, 4.69) is 10.1 Å². The molecule has 0 saturated carbocycles. The van der Waals surface area contributed by atoms with Crippen LogP contribution in [0.2, 0.25) is 5.02 Å². The number of aryl methyl sites for hydroxylation is 2. The molecule has 1 aliphatic heterocycles. The molecule has 31 heavy (non-hydrogen) atoms. The molecule has 0 spiro atoms. The van der Waals surface area contributed by atoms with Gasteiger partial charge in [0.05, 0.1) is 17.0 Å². The van der Waals surface area contributed by atoms with Gasteiger partial charge in [-0.05, 0) is 37.5 Å². The lowest BCUT2D eigenvalue weighted by Crippen LogP contribution is -2.39. The van der Waals surface area contributed by atoms with Crippen LogP contribution in [-0.4, -0.2) is 57.7 Å². The van der Waals surface area contributed by atoms with Gasteiger partial charge < -0.3 is 9.80 Å². The number of halogens is 1. The molecule has 3 aromatic rings. The maximum absolute atomic E-state index is 13.2. The SMILES string of the molecule is Cc1nn(C)cc1C(=O)N1CCC[C@@H](c2nc(N(C)C)ncc2-c2ccc(Cl)cc2)C1. The first-order valence-corrected chi connectivity index (χ1v) is 10.8. The first-order chi connectivity index (χ1) is 14.8. The first-order valence-electron chi connectivity index (χ1n) is 10.4. The van der Waals surface area contributed by atoms with Crippen LogP contribution >= 0.6 is 11.6 Å². The minimum absolute atomic E-state index is 0.0326. The fraction of sp³-hybridized carbons (Fsp3) is 0.391. The predicted octanol–water partition coefficient (Wildman–Crippen LogP) is 3.92. The van der Waals surface area contributed by atoms with Crippen molar-refractivity contribution in [3.05, 3.63) is 58.6 Å². The highest BCUT2D eigenvalue weighted by Gasteiger charge is 2.30. The van der Waals surface area contributed by atoms with Crippen LogP contribution in [0, 0.1) is 6.92 Å². The number of rotatable bonds is 4. The van der Waals surface area contributed by atoms with Crippen LogP contribution in [0.15, 0.2) is 36.7 Å². The molecule has 1 fully saturated rings. The molecular weight excluding hydrogens is 412 g/mol. The third kappa shape index (κ3) is 4.42. The van der Waals surface area contributed by atoms with Crippen LogP contribution in [0.4, 0.5) is 5.95 Å². The standard InChI is InChI=1S/C23H27ClN6O/c1-15-20(14-29(4)27-15)22(31)30-11-5-6-17(13-30)21-19(12-25-23(26-21)28(2)3)16-7-9-18(24)10-8-16/h7-10,12,14,17H,5-6,11,13H2,1-4H3/t17-/m1/s1. The van der Waals surface area contributed by atoms with Crippen LogP contribution < -0.4 is 4.90 Å². The topological polar surface area (TPSA) is 67.2 Å². The number of benzene rings is 1. The molecule has 4 rings (SSSR count). The zero-order valence-electron chi connectivity index (χ0n) is 18.3. The fourth-order valence-corrected chi connectivity index (χ4v) is 4.25. The fourth-order valence-electron chi connectivity index (χ4n) is 4.13. The van der Waals surface area contributed by atoms with Gasteiger partial charge in [-0.25, -0.2) is 9.97 Å². The van der Waals surface area contributed by atoms with Crippen molar-refractivity contribution in [2.75, 3.05) is 32.1 Å². The third-order valence-corrected chi connectivity index (χ3v) is 5.95. The van der Waals surface area contributed by atoms with Crippen molar-refractivity contribution in [2.24, 2.45) is 7.05 Å². The molecule has 0 aliphatic carbocycles. The number of carbonyl (C=O) groups excluding carboxylic acids is 1. The lowest BCUT2D eigenvalue weighted by molar-refractivity contribution is 0.0705. The summed E-state index contributed by atoms with van der Waals surface area (Å²) in [4.78, 5) is 26.5. The minimum atomic E-state index is 0.0326. The maximum atomic E-state index is 13.2. The molecule has 0 unspecified atom stereocenters. The van der Waals surface area contributed by atoms with E-state index in [0.29, 0.717) is 23.1 Å². The monoisotopic (exact) mass is 438 g/mol. The number of aromatic nitrogens is 4. The maximum Gasteiger partial charge on any atom is 0.257 e. The second-order valence-corrected chi connectivity index (χ2v) is 8.70. The summed E-state index contributed by atoms with van der Waals surface area (Å²) >= 11 is 6.09. The van der Waals surface area contributed by atoms with Gasteiger partial charge >= 0.3 is 0 Å². The Hall–Kier alpha value is -2.93. The molecule has 0 bridgehead atoms. The lowest BCUT2D eigenvalue weighted by atomic mass is 9.89. The van der Waals surface area contributed by atoms with E-state index in [9.17, 15) is 4.79 Å². The second-order valence-electron chi connectivity index (χ2n) is 8.26. The van der Waals surface area contributed by atoms with Gasteiger partial charge in [-0.2, -0.15) is 5.10 Å². The van der Waals surface area contributed by atoms with E-state index in [1.807, 2.05) is 68.3 Å². The van der Waals surface area contributed by atoms with Crippen molar-refractivity contribution < 1.29 is 4.79 Å². The van der Waals surface area contributed by atoms with E-state index in [4.69, 9.17) is 16.6 Å². The molecular formula is C23H27ClN6O. The summed E-state index contributed by atoms with van der Waals surface area (Å²) < 4.78 is 1.69. The zero-order valence-corrected chi connectivity index (χ0v) is 19.1. The lowest BCUT2D eigenvalue weighted by Gasteiger charge is -2.33. The van der Waals surface area contributed by atoms with Gasteiger partial charge in [-0.3, -0.25) is 9.48 Å². The van der Waals surface area contributed by atoms with Crippen molar-refractivity contribution >= 4 is 23.5 Å². The van der Waals surface area contributed by atoms with Gasteiger partial charge in [0.2, 0.25) is 5.95 Å². The Labute approximate surface area is 187 Å². The van der Waals surface area contributed by atoms with E-state index in [-0.39, 0.29) is 11.8 Å². The Bertz CT molecular complexity index is 1090. The highest BCUT2D eigenvalue weighted by atomic mass is 35.5. The normalized spacial score (nSPS) is 16.4. The smallest absolute Gasteiger partial charge is 0.257 e. The number of amides is 1. The van der Waals surface area contributed by atoms with E-state index in [1.54, 1.807) is 10.9 Å². The number of nitrogens with zero attached hydrogens (tertiary/aromatic N) is 6. The largest absolute Gasteiger partial charge is 0.347 e. The highest BCUT2D eigenvalue weighted by molar-refractivity contribution is 6.30. The molecule has 1 atom stereocenters. The van der Waals surface area contributed by atoms with Crippen molar-refractivity contribution in [1.82, 2.24) is 24.6 Å². The van der Waals surface area contributed by atoms with Crippen molar-refractivity contribution in [3.63, 3.8) is 0 Å². The summed E-state index contributed by atoms with van der Waals surface area (Å²) in [6, 6.07) is 7.74. The average molecular weight is 439 g/mol. The van der Waals surface area contributed by atoms with E-state index < -0.39 is 0 Å². The van der Waals surface area contributed by atoms with Crippen LogP contribution in [0.5, 0.6) is 0 Å². The van der Waals surface area contributed by atoms with Crippen molar-refractivity contribution in [3.8, 4) is 11.1 Å². The highest BCUT2D eigenvalue weighted by Crippen LogP contribution is 2.34. The molecule has 7 nitrogen and oxygen atoms in total. The molecule has 1 amide bonds. The molecule has 8 heteroatoms. The number of hydrogen-bond donors (Lipinski definition) is 0. The van der Waals surface area contributed by atoms with Gasteiger partial charge in [0.1, 0.15) is 0 Å². The molecule has 0 N–H and O–H groups in total. The van der Waals surface area contributed by atoms with Gasteiger partial charge in [0.15, 0.2) is 0 Å². The molecule has 162 valence electrons. The van der Waals surface area contributed by atoms with E-state index in [1.165, 1.54) is 0 Å². The summed E-state index contributed by atoms with van der Waals surface area (Å²) in [5.74, 6) is 0.826. The second kappa shape index (κ2) is 8.67. The van der Waals surface area contributed by atoms with Crippen molar-refractivity contribution in [2.45, 2.75) is 25.7 Å². The van der Waals surface area contributed by atoms with E-state index >= 15 is 0 Å². The number of carbonyl (C=O) groups is 1. The van der Waals surface area contributed by atoms with Crippen LogP contribution in [-0.2, 0) is 7.05 Å². The number of hydrogen-bond acceptors (Lipinski definition) is 5. The Morgan fingerprint density at radius 2 is 1.97 bits per heavy atom. The van der Waals surface area contributed by atoms with Gasteiger partial charge in [-0.15, -0.1) is 0 Å². The molecule has 3 heterocycles. The Kier molecular flexibility index (Phi) is 5.96. The summed E-state index contributed by atoms with van der Waals surface area (Å²) in [6.07, 6.45) is 5.58. The number of likely N-dealkylation sites (tertiary alicyclic amines) is 1. The predicted molar refractivity (Wildman–Crippen MR) is 123 cm³/mol. The molecule has 1 aliphatic rings. The third-order valence-electron chi connectivity index (χ3n) is 5.70. The first kappa shape index (κ1) is 21.3. The minimum Gasteiger partial charge on any atom is -0.347 e. The van der Waals surface area contributed by atoms with Crippen molar-refractivity contribution in [1.29, 1.82) is 0 Å².